The molecule has 11 heavy (non-hydrogen) atoms. The van der Waals surface area contributed by atoms with Gasteiger partial charge in [0.2, 0.25) is 0 Å². The average Bonchev–Trinajstić information content (AvgIpc) is 1.87. The van der Waals surface area contributed by atoms with Crippen molar-refractivity contribution in [3.63, 3.8) is 0 Å². The summed E-state index contributed by atoms with van der Waals surface area (Å²) in [6, 6.07) is 0. The Hall–Kier alpha value is -0.130. The van der Waals surface area contributed by atoms with Gasteiger partial charge in [0, 0.05) is 6.42 Å². The monoisotopic (exact) mass is 238 g/mol. The zero-order chi connectivity index (χ0) is 8.54. The highest BCUT2D eigenvalue weighted by Crippen LogP contribution is 2.32. The van der Waals surface area contributed by atoms with Gasteiger partial charge in [-0.1, -0.05) is 40.2 Å². The molecule has 1 rings (SSSR count). The Morgan fingerprint density at radius 2 is 2.09 bits per heavy atom. The molecule has 0 amide bonds. The lowest BCUT2D eigenvalue weighted by atomic mass is 10.2. The van der Waals surface area contributed by atoms with E-state index in [-0.39, 0.29) is 6.42 Å². The Morgan fingerprint density at radius 1 is 1.45 bits per heavy atom. The summed E-state index contributed by atoms with van der Waals surface area (Å²) < 4.78 is 28.9. The normalized spacial score (nSPS) is 30.7. The van der Waals surface area contributed by atoms with E-state index in [1.165, 1.54) is 6.08 Å². The first-order valence-corrected chi connectivity index (χ1v) is 5.19. The van der Waals surface area contributed by atoms with Crippen molar-refractivity contribution >= 4 is 26.0 Å². The molecule has 0 aliphatic heterocycles. The number of hydrogen-bond acceptors (Lipinski definition) is 2. The van der Waals surface area contributed by atoms with Crippen molar-refractivity contribution in [1.82, 2.24) is 0 Å². The fourth-order valence-electron chi connectivity index (χ4n) is 0.766. The van der Waals surface area contributed by atoms with Crippen LogP contribution in [-0.4, -0.2) is 16.6 Å². The van der Waals surface area contributed by atoms with E-state index >= 15 is 0 Å². The van der Waals surface area contributed by atoms with Gasteiger partial charge < -0.3 is 0 Å². The molecule has 3 nitrogen and oxygen atoms in total. The minimum Gasteiger partial charge on any atom is -0.284 e. The summed E-state index contributed by atoms with van der Waals surface area (Å²) in [4.78, 5) is 0. The molecule has 1 N–H and O–H groups in total. The minimum absolute atomic E-state index is 0.252. The molecule has 1 aliphatic carbocycles. The highest BCUT2D eigenvalue weighted by Gasteiger charge is 2.37. The molecule has 0 aromatic rings. The van der Waals surface area contributed by atoms with E-state index in [0.717, 1.165) is 0 Å². The summed E-state index contributed by atoms with van der Waals surface area (Å²) >= 11 is 2.94. The molecule has 62 valence electrons. The van der Waals surface area contributed by atoms with E-state index in [1.54, 1.807) is 18.2 Å². The van der Waals surface area contributed by atoms with Gasteiger partial charge in [0.05, 0.1) is 0 Å². The van der Waals surface area contributed by atoms with E-state index in [2.05, 4.69) is 15.9 Å². The largest absolute Gasteiger partial charge is 0.284 e. The number of halogens is 1. The van der Waals surface area contributed by atoms with Crippen LogP contribution in [0.2, 0.25) is 0 Å². The van der Waals surface area contributed by atoms with Crippen molar-refractivity contribution in [1.29, 1.82) is 0 Å². The van der Waals surface area contributed by atoms with Gasteiger partial charge in [-0.15, -0.1) is 0 Å². The lowest BCUT2D eigenvalue weighted by Crippen LogP contribution is -2.29. The van der Waals surface area contributed by atoms with Crippen LogP contribution in [0.4, 0.5) is 0 Å². The third-order valence-electron chi connectivity index (χ3n) is 1.42. The first kappa shape index (κ1) is 8.96. The zero-order valence-corrected chi connectivity index (χ0v) is 7.97. The SMILES string of the molecule is O=S(=O)(O)C1(Br)C=CC=CC1. The molecule has 0 saturated carbocycles. The van der Waals surface area contributed by atoms with Crippen molar-refractivity contribution in [3.05, 3.63) is 24.3 Å². The van der Waals surface area contributed by atoms with Crippen molar-refractivity contribution in [3.8, 4) is 0 Å². The third-order valence-corrected chi connectivity index (χ3v) is 4.39. The van der Waals surface area contributed by atoms with E-state index in [4.69, 9.17) is 4.55 Å². The predicted octanol–water partition coefficient (Wildman–Crippen LogP) is 1.48. The van der Waals surface area contributed by atoms with Crippen LogP contribution in [0.25, 0.3) is 0 Å². The Morgan fingerprint density at radius 3 is 2.36 bits per heavy atom. The van der Waals surface area contributed by atoms with Gasteiger partial charge in [0.15, 0.2) is 3.66 Å². The lowest BCUT2D eigenvalue weighted by molar-refractivity contribution is 0.471. The smallest absolute Gasteiger partial charge is 0.284 e. The third kappa shape index (κ3) is 1.72. The van der Waals surface area contributed by atoms with Crippen LogP contribution in [0.5, 0.6) is 0 Å². The minimum atomic E-state index is -4.05. The summed E-state index contributed by atoms with van der Waals surface area (Å²) in [6.07, 6.45) is 6.63. The molecule has 0 aromatic heterocycles. The van der Waals surface area contributed by atoms with E-state index in [0.29, 0.717) is 0 Å². The van der Waals surface area contributed by atoms with Crippen LogP contribution >= 0.6 is 15.9 Å². The van der Waals surface area contributed by atoms with Gasteiger partial charge in [0.1, 0.15) is 0 Å². The molecule has 0 bridgehead atoms. The van der Waals surface area contributed by atoms with Crippen LogP contribution < -0.4 is 0 Å². The second-order valence-electron chi connectivity index (χ2n) is 2.25. The van der Waals surface area contributed by atoms with E-state index in [1.807, 2.05) is 0 Å². The van der Waals surface area contributed by atoms with Gasteiger partial charge in [0.25, 0.3) is 10.1 Å². The molecular formula is C6H7BrO3S. The van der Waals surface area contributed by atoms with E-state index < -0.39 is 13.8 Å². The molecule has 0 saturated heterocycles. The van der Waals surface area contributed by atoms with Gasteiger partial charge in [-0.3, -0.25) is 4.55 Å². The van der Waals surface area contributed by atoms with E-state index in [9.17, 15) is 8.42 Å². The fourth-order valence-corrected chi connectivity index (χ4v) is 1.66. The van der Waals surface area contributed by atoms with Crippen LogP contribution in [0, 0.1) is 0 Å². The van der Waals surface area contributed by atoms with Gasteiger partial charge in [-0.2, -0.15) is 8.42 Å². The number of hydrogen-bond donors (Lipinski definition) is 1. The maximum absolute atomic E-state index is 10.7. The zero-order valence-electron chi connectivity index (χ0n) is 5.57. The molecule has 1 atom stereocenters. The van der Waals surface area contributed by atoms with Crippen molar-refractivity contribution in [2.75, 3.05) is 0 Å². The summed E-state index contributed by atoms with van der Waals surface area (Å²) in [5.74, 6) is 0. The van der Waals surface area contributed by atoms with Crippen LogP contribution in [0.15, 0.2) is 24.3 Å². The molecular weight excluding hydrogens is 232 g/mol. The van der Waals surface area contributed by atoms with Crippen LogP contribution in [0.3, 0.4) is 0 Å². The molecule has 0 spiro atoms. The highest BCUT2D eigenvalue weighted by atomic mass is 79.9. The number of rotatable bonds is 1. The summed E-state index contributed by atoms with van der Waals surface area (Å²) in [5, 5.41) is 0. The molecule has 5 heteroatoms. The predicted molar refractivity (Wildman–Crippen MR) is 46.1 cm³/mol. The maximum Gasteiger partial charge on any atom is 0.284 e. The van der Waals surface area contributed by atoms with Crippen molar-refractivity contribution < 1.29 is 13.0 Å². The van der Waals surface area contributed by atoms with Gasteiger partial charge >= 0.3 is 0 Å². The topological polar surface area (TPSA) is 54.4 Å². The first-order valence-electron chi connectivity index (χ1n) is 2.96. The first-order chi connectivity index (χ1) is 4.96. The Labute approximate surface area is 73.7 Å². The van der Waals surface area contributed by atoms with Crippen LogP contribution in [-0.2, 0) is 10.1 Å². The van der Waals surface area contributed by atoms with Crippen molar-refractivity contribution in [2.24, 2.45) is 0 Å². The highest BCUT2D eigenvalue weighted by molar-refractivity contribution is 9.11. The number of allylic oxidation sites excluding steroid dienone is 3. The lowest BCUT2D eigenvalue weighted by Gasteiger charge is -2.19. The molecule has 0 heterocycles. The second kappa shape index (κ2) is 2.73. The summed E-state index contributed by atoms with van der Waals surface area (Å²) in [5.41, 5.74) is 0. The second-order valence-corrected chi connectivity index (χ2v) is 5.87. The maximum atomic E-state index is 10.7. The Kier molecular flexibility index (Phi) is 2.22. The summed E-state index contributed by atoms with van der Waals surface area (Å²) in [6.45, 7) is 0. The Balaban J connectivity index is 3.04. The average molecular weight is 239 g/mol. The van der Waals surface area contributed by atoms with Crippen molar-refractivity contribution in [2.45, 2.75) is 10.1 Å². The molecule has 0 fully saturated rings. The molecule has 0 radical (unpaired) electrons. The quantitative estimate of drug-likeness (QED) is 0.557. The summed E-state index contributed by atoms with van der Waals surface area (Å²) in [7, 11) is -4.05. The van der Waals surface area contributed by atoms with Gasteiger partial charge in [-0.05, 0) is 0 Å². The molecule has 1 aliphatic rings. The molecule has 1 unspecified atom stereocenters. The number of alkyl halides is 1. The fraction of sp³-hybridized carbons (Fsp3) is 0.333. The standard InChI is InChI=1S/C6H7BrO3S/c7-6(11(8,9)10)4-2-1-3-5-6/h1-4H,5H2,(H,8,9,10). The van der Waals surface area contributed by atoms with Gasteiger partial charge in [-0.25, -0.2) is 0 Å². The Bertz CT molecular complexity index is 304. The molecule has 0 aromatic carbocycles. The van der Waals surface area contributed by atoms with Crippen LogP contribution in [0.1, 0.15) is 6.42 Å².